The fourth-order valence-corrected chi connectivity index (χ4v) is 4.28. The van der Waals surface area contributed by atoms with Crippen LogP contribution in [0.3, 0.4) is 0 Å². The molecule has 0 fully saturated rings. The van der Waals surface area contributed by atoms with Gasteiger partial charge in [0.05, 0.1) is 19.8 Å². The van der Waals surface area contributed by atoms with Gasteiger partial charge in [0, 0.05) is 6.54 Å². The van der Waals surface area contributed by atoms with Crippen molar-refractivity contribution >= 4 is 5.97 Å². The van der Waals surface area contributed by atoms with Crippen molar-refractivity contribution in [1.29, 1.82) is 0 Å². The minimum Gasteiger partial charge on any atom is -0.497 e. The van der Waals surface area contributed by atoms with Gasteiger partial charge in [-0.25, -0.2) is 0 Å². The number of methoxy groups -OCH3 is 1. The molecule has 0 aliphatic carbocycles. The quantitative estimate of drug-likeness (QED) is 0.558. The molecule has 154 valence electrons. The number of hydrogen-bond donors (Lipinski definition) is 0. The summed E-state index contributed by atoms with van der Waals surface area (Å²) in [6.07, 6.45) is 0.619. The van der Waals surface area contributed by atoms with Crippen LogP contribution in [0, 0.1) is 0 Å². The van der Waals surface area contributed by atoms with Crippen LogP contribution in [0.2, 0.25) is 0 Å². The molecule has 4 heteroatoms. The standard InChI is InChI=1S/C26H27NO3/c1-3-30-26(28)24-17-21-14-15-23(29-2)16-22(21)18-27(24)25(19-10-6-4-7-11-19)20-12-8-5-9-13-20/h4-16,24-25H,3,17-18H2,1-2H3. The van der Waals surface area contributed by atoms with Crippen LogP contribution in [-0.2, 0) is 22.5 Å². The van der Waals surface area contributed by atoms with Gasteiger partial charge >= 0.3 is 5.97 Å². The van der Waals surface area contributed by atoms with E-state index < -0.39 is 0 Å². The first-order valence-electron chi connectivity index (χ1n) is 10.4. The second-order valence-electron chi connectivity index (χ2n) is 7.50. The second-order valence-corrected chi connectivity index (χ2v) is 7.50. The lowest BCUT2D eigenvalue weighted by Crippen LogP contribution is -2.48. The summed E-state index contributed by atoms with van der Waals surface area (Å²) in [7, 11) is 1.68. The molecule has 0 bridgehead atoms. The Balaban J connectivity index is 1.82. The molecule has 3 aromatic rings. The highest BCUT2D eigenvalue weighted by atomic mass is 16.5. The summed E-state index contributed by atoms with van der Waals surface area (Å²) in [5.74, 6) is 0.662. The van der Waals surface area contributed by atoms with Crippen molar-refractivity contribution in [2.45, 2.75) is 32.0 Å². The van der Waals surface area contributed by atoms with Gasteiger partial charge in [-0.2, -0.15) is 0 Å². The number of esters is 1. The average Bonchev–Trinajstić information content (AvgIpc) is 2.80. The van der Waals surface area contributed by atoms with Gasteiger partial charge in [-0.3, -0.25) is 9.69 Å². The lowest BCUT2D eigenvalue weighted by molar-refractivity contribution is -0.151. The fraction of sp³-hybridized carbons (Fsp3) is 0.269. The summed E-state index contributed by atoms with van der Waals surface area (Å²) in [5, 5.41) is 0. The first-order chi connectivity index (χ1) is 14.7. The molecule has 0 spiro atoms. The fourth-order valence-electron chi connectivity index (χ4n) is 4.28. The number of benzene rings is 3. The molecule has 1 aliphatic rings. The van der Waals surface area contributed by atoms with Crippen molar-refractivity contribution < 1.29 is 14.3 Å². The molecule has 0 aromatic heterocycles. The van der Waals surface area contributed by atoms with Crippen molar-refractivity contribution in [3.8, 4) is 5.75 Å². The summed E-state index contributed by atoms with van der Waals surface area (Å²) < 4.78 is 10.9. The first-order valence-corrected chi connectivity index (χ1v) is 10.4. The van der Waals surface area contributed by atoms with Gasteiger partial charge in [0.1, 0.15) is 11.8 Å². The SMILES string of the molecule is CCOC(=O)C1Cc2ccc(OC)cc2CN1C(c1ccccc1)c1ccccc1. The molecule has 3 aromatic carbocycles. The molecule has 4 nitrogen and oxygen atoms in total. The Morgan fingerprint density at radius 3 is 2.17 bits per heavy atom. The monoisotopic (exact) mass is 401 g/mol. The summed E-state index contributed by atoms with van der Waals surface area (Å²) in [6, 6.07) is 26.4. The van der Waals surface area contributed by atoms with Gasteiger partial charge in [0.15, 0.2) is 0 Å². The first kappa shape index (κ1) is 20.2. The van der Waals surface area contributed by atoms with E-state index in [0.717, 1.165) is 16.9 Å². The molecular formula is C26H27NO3. The number of ether oxygens (including phenoxy) is 2. The van der Waals surface area contributed by atoms with Crippen LogP contribution in [-0.4, -0.2) is 30.6 Å². The minimum absolute atomic E-state index is 0.0545. The van der Waals surface area contributed by atoms with E-state index >= 15 is 0 Å². The Bertz CT molecular complexity index is 948. The lowest BCUT2D eigenvalue weighted by Gasteiger charge is -2.41. The Morgan fingerprint density at radius 1 is 0.967 bits per heavy atom. The summed E-state index contributed by atoms with van der Waals surface area (Å²) >= 11 is 0. The third-order valence-electron chi connectivity index (χ3n) is 5.70. The Hall–Kier alpha value is -3.11. The molecular weight excluding hydrogens is 374 g/mol. The van der Waals surface area contributed by atoms with Crippen molar-refractivity contribution in [3.63, 3.8) is 0 Å². The van der Waals surface area contributed by atoms with E-state index in [1.807, 2.05) is 49.4 Å². The molecule has 1 unspecified atom stereocenters. The van der Waals surface area contributed by atoms with E-state index in [2.05, 4.69) is 41.3 Å². The Labute approximate surface area is 178 Å². The van der Waals surface area contributed by atoms with Crippen LogP contribution >= 0.6 is 0 Å². The number of hydrogen-bond acceptors (Lipinski definition) is 4. The topological polar surface area (TPSA) is 38.8 Å². The third-order valence-corrected chi connectivity index (χ3v) is 5.70. The van der Waals surface area contributed by atoms with Crippen molar-refractivity contribution in [2.75, 3.05) is 13.7 Å². The number of carbonyl (C=O) groups excluding carboxylic acids is 1. The van der Waals surface area contributed by atoms with E-state index in [1.54, 1.807) is 7.11 Å². The number of carbonyl (C=O) groups is 1. The second kappa shape index (κ2) is 9.14. The van der Waals surface area contributed by atoms with E-state index in [-0.39, 0.29) is 18.1 Å². The highest BCUT2D eigenvalue weighted by molar-refractivity contribution is 5.77. The van der Waals surface area contributed by atoms with Crippen LogP contribution in [0.4, 0.5) is 0 Å². The number of nitrogens with zero attached hydrogens (tertiary/aromatic N) is 1. The molecule has 30 heavy (non-hydrogen) atoms. The molecule has 0 saturated heterocycles. The highest BCUT2D eigenvalue weighted by Crippen LogP contribution is 2.37. The van der Waals surface area contributed by atoms with Gasteiger partial charge in [0.25, 0.3) is 0 Å². The average molecular weight is 402 g/mol. The van der Waals surface area contributed by atoms with Gasteiger partial charge in [0.2, 0.25) is 0 Å². The van der Waals surface area contributed by atoms with Gasteiger partial charge in [-0.05, 0) is 47.7 Å². The zero-order valence-corrected chi connectivity index (χ0v) is 17.5. The van der Waals surface area contributed by atoms with E-state index in [0.29, 0.717) is 19.6 Å². The predicted molar refractivity (Wildman–Crippen MR) is 117 cm³/mol. The maximum Gasteiger partial charge on any atom is 0.323 e. The third kappa shape index (κ3) is 4.10. The smallest absolute Gasteiger partial charge is 0.323 e. The summed E-state index contributed by atoms with van der Waals surface area (Å²) in [4.78, 5) is 15.3. The molecule has 0 amide bonds. The molecule has 1 heterocycles. The van der Waals surface area contributed by atoms with Crippen LogP contribution in [0.15, 0.2) is 78.9 Å². The van der Waals surface area contributed by atoms with Gasteiger partial charge < -0.3 is 9.47 Å². The van der Waals surface area contributed by atoms with Crippen LogP contribution < -0.4 is 4.74 Å². The van der Waals surface area contributed by atoms with Crippen LogP contribution in [0.5, 0.6) is 5.75 Å². The van der Waals surface area contributed by atoms with Crippen molar-refractivity contribution in [1.82, 2.24) is 4.90 Å². The van der Waals surface area contributed by atoms with Gasteiger partial charge in [-0.15, -0.1) is 0 Å². The van der Waals surface area contributed by atoms with Crippen molar-refractivity contribution in [2.24, 2.45) is 0 Å². The normalized spacial score (nSPS) is 16.2. The molecule has 1 atom stereocenters. The molecule has 0 radical (unpaired) electrons. The minimum atomic E-state index is -0.351. The zero-order chi connectivity index (χ0) is 20.9. The molecule has 0 saturated carbocycles. The highest BCUT2D eigenvalue weighted by Gasteiger charge is 2.38. The maximum atomic E-state index is 13.0. The summed E-state index contributed by atoms with van der Waals surface area (Å²) in [6.45, 7) is 2.88. The zero-order valence-electron chi connectivity index (χ0n) is 17.5. The van der Waals surface area contributed by atoms with Gasteiger partial charge in [-0.1, -0.05) is 66.7 Å². The molecule has 4 rings (SSSR count). The van der Waals surface area contributed by atoms with E-state index in [9.17, 15) is 4.79 Å². The Morgan fingerprint density at radius 2 is 1.60 bits per heavy atom. The maximum absolute atomic E-state index is 13.0. The molecule has 1 aliphatic heterocycles. The van der Waals surface area contributed by atoms with E-state index in [4.69, 9.17) is 9.47 Å². The Kier molecular flexibility index (Phi) is 6.15. The van der Waals surface area contributed by atoms with Crippen molar-refractivity contribution in [3.05, 3.63) is 101 Å². The molecule has 0 N–H and O–H groups in total. The predicted octanol–water partition coefficient (Wildman–Crippen LogP) is 4.77. The number of rotatable bonds is 6. The van der Waals surface area contributed by atoms with E-state index in [1.165, 1.54) is 11.1 Å². The largest absolute Gasteiger partial charge is 0.497 e. The van der Waals surface area contributed by atoms with Crippen LogP contribution in [0.25, 0.3) is 0 Å². The summed E-state index contributed by atoms with van der Waals surface area (Å²) in [5.41, 5.74) is 4.67. The number of fused-ring (bicyclic) bond motifs is 1. The lowest BCUT2D eigenvalue weighted by atomic mass is 9.88. The van der Waals surface area contributed by atoms with Crippen LogP contribution in [0.1, 0.15) is 35.2 Å².